The Bertz CT molecular complexity index is 1250. The molecule has 7 heteroatoms. The molecule has 2 aromatic heterocycles. The van der Waals surface area contributed by atoms with Gasteiger partial charge < -0.3 is 15.6 Å². The molecule has 30 heavy (non-hydrogen) atoms. The molecular weight excluding hydrogens is 396 g/mol. The topological polar surface area (TPSA) is 97.8 Å². The number of hydrogen-bond donors (Lipinski definition) is 3. The zero-order chi connectivity index (χ0) is 20.9. The number of fused-ring (bicyclic) bond motifs is 2. The number of carbonyl (C=O) groups is 2. The Morgan fingerprint density at radius 3 is 2.67 bits per heavy atom. The van der Waals surface area contributed by atoms with Crippen molar-refractivity contribution in [2.75, 3.05) is 6.54 Å². The number of thiophene rings is 1. The molecule has 0 spiro atoms. The minimum absolute atomic E-state index is 0.0992. The number of hydrogen-bond acceptors (Lipinski definition) is 4. The van der Waals surface area contributed by atoms with E-state index < -0.39 is 6.04 Å². The zero-order valence-electron chi connectivity index (χ0n) is 16.1. The van der Waals surface area contributed by atoms with E-state index in [9.17, 15) is 9.59 Å². The monoisotopic (exact) mass is 416 g/mol. The quantitative estimate of drug-likeness (QED) is 0.403. The van der Waals surface area contributed by atoms with Crippen molar-refractivity contribution in [1.29, 1.82) is 5.26 Å². The second-order valence-electron chi connectivity index (χ2n) is 6.99. The van der Waals surface area contributed by atoms with E-state index in [0.29, 0.717) is 6.42 Å². The van der Waals surface area contributed by atoms with Crippen LogP contribution in [0.2, 0.25) is 0 Å². The van der Waals surface area contributed by atoms with Gasteiger partial charge in [-0.2, -0.15) is 5.26 Å². The van der Waals surface area contributed by atoms with Gasteiger partial charge in [0.05, 0.1) is 12.5 Å². The maximum Gasteiger partial charge on any atom is 0.243 e. The maximum atomic E-state index is 12.8. The van der Waals surface area contributed by atoms with Crippen molar-refractivity contribution in [3.05, 3.63) is 71.2 Å². The van der Waals surface area contributed by atoms with Crippen LogP contribution in [0.5, 0.6) is 0 Å². The van der Waals surface area contributed by atoms with E-state index in [4.69, 9.17) is 5.26 Å². The van der Waals surface area contributed by atoms with Crippen LogP contribution >= 0.6 is 11.3 Å². The van der Waals surface area contributed by atoms with Crippen molar-refractivity contribution < 1.29 is 9.59 Å². The molecule has 0 aliphatic rings. The third-order valence-corrected chi connectivity index (χ3v) is 6.02. The molecule has 1 atom stereocenters. The lowest BCUT2D eigenvalue weighted by Gasteiger charge is -2.17. The van der Waals surface area contributed by atoms with Crippen molar-refractivity contribution in [3.63, 3.8) is 0 Å². The van der Waals surface area contributed by atoms with Crippen LogP contribution in [0.3, 0.4) is 0 Å². The van der Waals surface area contributed by atoms with E-state index in [1.807, 2.05) is 66.2 Å². The van der Waals surface area contributed by atoms with E-state index in [1.54, 1.807) is 11.3 Å². The van der Waals surface area contributed by atoms with Gasteiger partial charge in [-0.25, -0.2) is 0 Å². The smallest absolute Gasteiger partial charge is 0.243 e. The number of aromatic amines is 1. The first-order valence-corrected chi connectivity index (χ1v) is 10.5. The zero-order valence-corrected chi connectivity index (χ0v) is 17.0. The summed E-state index contributed by atoms with van der Waals surface area (Å²) in [6.45, 7) is -0.0992. The van der Waals surface area contributed by atoms with Gasteiger partial charge in [-0.15, -0.1) is 11.3 Å². The number of nitrogens with one attached hydrogen (secondary N) is 3. The summed E-state index contributed by atoms with van der Waals surface area (Å²) in [6.07, 6.45) is 2.35. The summed E-state index contributed by atoms with van der Waals surface area (Å²) in [4.78, 5) is 28.6. The van der Waals surface area contributed by atoms with Crippen molar-refractivity contribution in [3.8, 4) is 6.07 Å². The standard InChI is InChI=1S/C23H20N4O2S/c24-9-10-25-23(29)20(11-16-14-30-21-8-4-2-6-18(16)21)27-22(28)12-15-13-26-19-7-3-1-5-17(15)19/h1-8,13-14,20,26H,10-12H2,(H,25,29)(H,27,28). The molecule has 150 valence electrons. The summed E-state index contributed by atoms with van der Waals surface area (Å²) in [5.41, 5.74) is 2.84. The first kappa shape index (κ1) is 19.7. The second kappa shape index (κ2) is 8.80. The highest BCUT2D eigenvalue weighted by atomic mass is 32.1. The number of nitriles is 1. The number of para-hydroxylation sites is 1. The molecule has 0 aliphatic carbocycles. The SMILES string of the molecule is N#CCNC(=O)C(Cc1csc2ccccc12)NC(=O)Cc1c[nH]c2ccccc12. The van der Waals surface area contributed by atoms with Gasteiger partial charge in [0.25, 0.3) is 0 Å². The molecule has 4 aromatic rings. The molecule has 0 bridgehead atoms. The molecule has 0 aliphatic heterocycles. The predicted octanol–water partition coefficient (Wildman–Crippen LogP) is 3.29. The first-order valence-electron chi connectivity index (χ1n) is 9.60. The Balaban J connectivity index is 1.52. The molecule has 2 heterocycles. The summed E-state index contributed by atoms with van der Waals surface area (Å²) in [6, 6.07) is 16.9. The highest BCUT2D eigenvalue weighted by Gasteiger charge is 2.23. The normalized spacial score (nSPS) is 11.8. The molecule has 0 saturated heterocycles. The number of carbonyl (C=O) groups excluding carboxylic acids is 2. The summed E-state index contributed by atoms with van der Waals surface area (Å²) in [5, 5.41) is 18.3. The summed E-state index contributed by atoms with van der Waals surface area (Å²) < 4.78 is 1.13. The fraction of sp³-hybridized carbons (Fsp3) is 0.174. The lowest BCUT2D eigenvalue weighted by Crippen LogP contribution is -2.48. The summed E-state index contributed by atoms with van der Waals surface area (Å²) >= 11 is 1.61. The highest BCUT2D eigenvalue weighted by Crippen LogP contribution is 2.26. The van der Waals surface area contributed by atoms with Gasteiger partial charge >= 0.3 is 0 Å². The lowest BCUT2D eigenvalue weighted by molar-refractivity contribution is -0.128. The average molecular weight is 417 g/mol. The Hall–Kier alpha value is -3.63. The first-order chi connectivity index (χ1) is 14.7. The van der Waals surface area contributed by atoms with Crippen LogP contribution in [-0.2, 0) is 22.4 Å². The van der Waals surface area contributed by atoms with Crippen LogP contribution in [-0.4, -0.2) is 29.4 Å². The number of rotatable bonds is 7. The Kier molecular flexibility index (Phi) is 5.77. The fourth-order valence-corrected chi connectivity index (χ4v) is 4.54. The van der Waals surface area contributed by atoms with Gasteiger partial charge in [0, 0.05) is 28.2 Å². The van der Waals surface area contributed by atoms with E-state index in [1.165, 1.54) is 0 Å². The molecule has 3 N–H and O–H groups in total. The van der Waals surface area contributed by atoms with Gasteiger partial charge in [-0.05, 0) is 34.0 Å². The Labute approximate surface area is 177 Å². The number of benzene rings is 2. The van der Waals surface area contributed by atoms with Crippen LogP contribution in [0.15, 0.2) is 60.1 Å². The van der Waals surface area contributed by atoms with Crippen molar-refractivity contribution in [1.82, 2.24) is 15.6 Å². The molecule has 0 saturated carbocycles. The van der Waals surface area contributed by atoms with Gasteiger partial charge in [-0.3, -0.25) is 9.59 Å². The van der Waals surface area contributed by atoms with Crippen molar-refractivity contribution >= 4 is 44.1 Å². The van der Waals surface area contributed by atoms with Gasteiger partial charge in [-0.1, -0.05) is 36.4 Å². The lowest BCUT2D eigenvalue weighted by atomic mass is 10.0. The van der Waals surface area contributed by atoms with E-state index in [0.717, 1.165) is 32.1 Å². The second-order valence-corrected chi connectivity index (χ2v) is 7.90. The molecule has 0 fully saturated rings. The molecule has 1 unspecified atom stereocenters. The third kappa shape index (κ3) is 4.19. The van der Waals surface area contributed by atoms with Gasteiger partial charge in [0.1, 0.15) is 12.6 Å². The van der Waals surface area contributed by atoms with Crippen LogP contribution in [0, 0.1) is 11.3 Å². The molecule has 2 aromatic carbocycles. The highest BCUT2D eigenvalue weighted by molar-refractivity contribution is 7.17. The number of H-pyrrole nitrogens is 1. The van der Waals surface area contributed by atoms with Crippen LogP contribution in [0.1, 0.15) is 11.1 Å². The van der Waals surface area contributed by atoms with Crippen LogP contribution < -0.4 is 10.6 Å². The van der Waals surface area contributed by atoms with E-state index in [-0.39, 0.29) is 24.8 Å². The van der Waals surface area contributed by atoms with E-state index in [2.05, 4.69) is 15.6 Å². The number of nitrogens with zero attached hydrogens (tertiary/aromatic N) is 1. The predicted molar refractivity (Wildman–Crippen MR) is 118 cm³/mol. The van der Waals surface area contributed by atoms with Crippen LogP contribution in [0.25, 0.3) is 21.0 Å². The van der Waals surface area contributed by atoms with Crippen LogP contribution in [0.4, 0.5) is 0 Å². The minimum atomic E-state index is -0.755. The average Bonchev–Trinajstić information content (AvgIpc) is 3.36. The fourth-order valence-electron chi connectivity index (χ4n) is 3.57. The van der Waals surface area contributed by atoms with Gasteiger partial charge in [0.15, 0.2) is 0 Å². The van der Waals surface area contributed by atoms with Gasteiger partial charge in [0.2, 0.25) is 11.8 Å². The number of aromatic nitrogens is 1. The Morgan fingerprint density at radius 1 is 1.07 bits per heavy atom. The van der Waals surface area contributed by atoms with Crippen molar-refractivity contribution in [2.45, 2.75) is 18.9 Å². The Morgan fingerprint density at radius 2 is 1.83 bits per heavy atom. The molecular formula is C23H20N4O2S. The molecule has 2 amide bonds. The van der Waals surface area contributed by atoms with Crippen molar-refractivity contribution in [2.24, 2.45) is 0 Å². The largest absolute Gasteiger partial charge is 0.361 e. The third-order valence-electron chi connectivity index (χ3n) is 5.00. The maximum absolute atomic E-state index is 12.8. The molecule has 0 radical (unpaired) electrons. The number of amides is 2. The van der Waals surface area contributed by atoms with E-state index >= 15 is 0 Å². The molecule has 6 nitrogen and oxygen atoms in total. The minimum Gasteiger partial charge on any atom is -0.361 e. The summed E-state index contributed by atoms with van der Waals surface area (Å²) in [7, 11) is 0. The summed E-state index contributed by atoms with van der Waals surface area (Å²) in [5.74, 6) is -0.601. The molecule has 4 rings (SSSR count).